The van der Waals surface area contributed by atoms with Crippen molar-refractivity contribution in [3.63, 3.8) is 0 Å². The third-order valence-electron chi connectivity index (χ3n) is 7.31. The number of hydrogen-bond acceptors (Lipinski definition) is 2. The molecule has 0 radical (unpaired) electrons. The highest BCUT2D eigenvalue weighted by molar-refractivity contribution is 6.38. The third-order valence-corrected chi connectivity index (χ3v) is 7.31. The Morgan fingerprint density at radius 2 is 1.18 bits per heavy atom. The van der Waals surface area contributed by atoms with Crippen LogP contribution in [0.5, 0.6) is 0 Å². The molecule has 0 aliphatic rings. The van der Waals surface area contributed by atoms with E-state index in [2.05, 4.69) is 83.3 Å². The van der Waals surface area contributed by atoms with Crippen LogP contribution in [0.1, 0.15) is 0 Å². The van der Waals surface area contributed by atoms with Crippen molar-refractivity contribution in [3.8, 4) is 0 Å². The predicted octanol–water partition coefficient (Wildman–Crippen LogP) is 8.64. The molecule has 0 aliphatic heterocycles. The molecule has 0 fully saturated rings. The van der Waals surface area contributed by atoms with E-state index in [0.29, 0.717) is 0 Å². The first-order valence-corrected chi connectivity index (χ1v) is 11.2. The van der Waals surface area contributed by atoms with E-state index in [1.54, 1.807) is 0 Å². The van der Waals surface area contributed by atoms with Crippen LogP contribution in [-0.4, -0.2) is 4.40 Å². The molecule has 0 saturated heterocycles. The first-order chi connectivity index (χ1) is 16.4. The van der Waals surface area contributed by atoms with E-state index >= 15 is 0 Å². The minimum Gasteiger partial charge on any atom is -0.456 e. The normalized spacial score (nSPS) is 12.8. The Kier molecular flexibility index (Phi) is 2.59. The van der Waals surface area contributed by atoms with Gasteiger partial charge in [-0.05, 0) is 36.4 Å². The fraction of sp³-hybridized carbons (Fsp3) is 0. The van der Waals surface area contributed by atoms with Crippen LogP contribution < -0.4 is 0 Å². The summed E-state index contributed by atoms with van der Waals surface area (Å²) in [5, 5.41) is 9.43. The summed E-state index contributed by atoms with van der Waals surface area (Å²) in [6.07, 6.45) is 0. The molecule has 0 saturated carbocycles. The summed E-state index contributed by atoms with van der Waals surface area (Å²) >= 11 is 0. The van der Waals surface area contributed by atoms with Crippen LogP contribution in [0.4, 0.5) is 0 Å². The first-order valence-electron chi connectivity index (χ1n) is 11.2. The second-order valence-corrected chi connectivity index (χ2v) is 8.91. The highest BCUT2D eigenvalue weighted by atomic mass is 16.3. The zero-order valence-corrected chi connectivity index (χ0v) is 17.4. The SMILES string of the molecule is c1ccc2c(c1)oc1c2ccc2c1c1c3c(cc4c5ccccc5n2c41)oc1ccccc13. The molecule has 0 aliphatic carbocycles. The Morgan fingerprint density at radius 1 is 0.455 bits per heavy atom. The molecule has 4 aromatic heterocycles. The Morgan fingerprint density at radius 3 is 2.06 bits per heavy atom. The maximum atomic E-state index is 6.53. The lowest BCUT2D eigenvalue weighted by molar-refractivity contribution is 0.669. The van der Waals surface area contributed by atoms with E-state index in [1.165, 1.54) is 32.7 Å². The molecule has 0 spiro atoms. The number of fused-ring (bicyclic) bond motifs is 14. The summed E-state index contributed by atoms with van der Waals surface area (Å²) in [5.41, 5.74) is 7.31. The van der Waals surface area contributed by atoms with Crippen LogP contribution in [0, 0.1) is 0 Å². The van der Waals surface area contributed by atoms with Gasteiger partial charge in [0.25, 0.3) is 0 Å². The van der Waals surface area contributed by atoms with E-state index in [1.807, 2.05) is 12.1 Å². The maximum Gasteiger partial charge on any atom is 0.145 e. The number of furan rings is 2. The molecular weight excluding hydrogens is 406 g/mol. The standard InChI is InChI=1S/C30H15NO2/c1-4-10-21-16(7-1)20-15-25-26(19-9-3-6-12-24(19)32-25)28-27-22(31(21)29(20)28)14-13-18-17-8-2-5-11-23(17)33-30(18)27/h1-15H. The van der Waals surface area contributed by atoms with Crippen molar-refractivity contribution < 1.29 is 8.83 Å². The number of benzene rings is 5. The molecule has 4 heterocycles. The van der Waals surface area contributed by atoms with Crippen LogP contribution in [-0.2, 0) is 0 Å². The second-order valence-electron chi connectivity index (χ2n) is 8.91. The van der Waals surface area contributed by atoms with Gasteiger partial charge in [0, 0.05) is 37.7 Å². The zero-order chi connectivity index (χ0) is 21.3. The highest BCUT2D eigenvalue weighted by Crippen LogP contribution is 2.48. The maximum absolute atomic E-state index is 6.53. The molecular formula is C30H15NO2. The van der Waals surface area contributed by atoms with Gasteiger partial charge in [0.05, 0.1) is 21.9 Å². The van der Waals surface area contributed by atoms with E-state index in [9.17, 15) is 0 Å². The minimum atomic E-state index is 0.914. The topological polar surface area (TPSA) is 30.7 Å². The Hall–Kier alpha value is -4.50. The fourth-order valence-electron chi connectivity index (χ4n) is 6.03. The second kappa shape index (κ2) is 5.28. The fourth-order valence-corrected chi connectivity index (χ4v) is 6.03. The molecule has 5 aromatic carbocycles. The predicted molar refractivity (Wildman–Crippen MR) is 136 cm³/mol. The molecule has 0 bridgehead atoms. The average molecular weight is 421 g/mol. The van der Waals surface area contributed by atoms with Crippen molar-refractivity contribution in [2.45, 2.75) is 0 Å². The van der Waals surface area contributed by atoms with Gasteiger partial charge < -0.3 is 13.2 Å². The van der Waals surface area contributed by atoms with Gasteiger partial charge in [0.2, 0.25) is 0 Å². The molecule has 9 aromatic rings. The van der Waals surface area contributed by atoms with Crippen LogP contribution in [0.15, 0.2) is 99.8 Å². The van der Waals surface area contributed by atoms with Crippen molar-refractivity contribution in [3.05, 3.63) is 91.0 Å². The summed E-state index contributed by atoms with van der Waals surface area (Å²) < 4.78 is 15.3. The number of nitrogens with zero attached hydrogens (tertiary/aromatic N) is 1. The molecule has 3 heteroatoms. The van der Waals surface area contributed by atoms with Crippen molar-refractivity contribution in [2.75, 3.05) is 0 Å². The van der Waals surface area contributed by atoms with E-state index in [4.69, 9.17) is 8.83 Å². The van der Waals surface area contributed by atoms with Gasteiger partial charge in [0.15, 0.2) is 0 Å². The summed E-state index contributed by atoms with van der Waals surface area (Å²) in [7, 11) is 0. The summed E-state index contributed by atoms with van der Waals surface area (Å²) in [4.78, 5) is 0. The van der Waals surface area contributed by atoms with Gasteiger partial charge in [-0.25, -0.2) is 0 Å². The van der Waals surface area contributed by atoms with Gasteiger partial charge in [0.1, 0.15) is 22.3 Å². The first kappa shape index (κ1) is 16.2. The quantitative estimate of drug-likeness (QED) is 0.245. The molecule has 0 N–H and O–H groups in total. The van der Waals surface area contributed by atoms with E-state index in [-0.39, 0.29) is 0 Å². The van der Waals surface area contributed by atoms with Gasteiger partial charge in [-0.15, -0.1) is 0 Å². The number of aromatic nitrogens is 1. The van der Waals surface area contributed by atoms with E-state index < -0.39 is 0 Å². The van der Waals surface area contributed by atoms with E-state index in [0.717, 1.165) is 49.3 Å². The lowest BCUT2D eigenvalue weighted by Crippen LogP contribution is -1.79. The van der Waals surface area contributed by atoms with Crippen LogP contribution in [0.3, 0.4) is 0 Å². The Bertz CT molecular complexity index is 2240. The van der Waals surface area contributed by atoms with Crippen LogP contribution in [0.25, 0.3) is 82.0 Å². The summed E-state index contributed by atoms with van der Waals surface area (Å²) in [5.74, 6) is 0. The zero-order valence-electron chi connectivity index (χ0n) is 17.4. The van der Waals surface area contributed by atoms with Crippen molar-refractivity contribution in [1.29, 1.82) is 0 Å². The Balaban J connectivity index is 1.72. The van der Waals surface area contributed by atoms with Gasteiger partial charge >= 0.3 is 0 Å². The van der Waals surface area contributed by atoms with Crippen molar-refractivity contribution in [1.82, 2.24) is 4.40 Å². The van der Waals surface area contributed by atoms with Gasteiger partial charge in [-0.2, -0.15) is 0 Å². The molecule has 33 heavy (non-hydrogen) atoms. The molecule has 9 rings (SSSR count). The summed E-state index contributed by atoms with van der Waals surface area (Å²) in [6.45, 7) is 0. The number of rotatable bonds is 0. The number of hydrogen-bond donors (Lipinski definition) is 0. The van der Waals surface area contributed by atoms with Crippen molar-refractivity contribution >= 4 is 82.0 Å². The van der Waals surface area contributed by atoms with Crippen molar-refractivity contribution in [2.24, 2.45) is 0 Å². The molecule has 3 nitrogen and oxygen atoms in total. The molecule has 152 valence electrons. The molecule has 0 unspecified atom stereocenters. The summed E-state index contributed by atoms with van der Waals surface area (Å²) in [6, 6.07) is 31.9. The van der Waals surface area contributed by atoms with Crippen LogP contribution in [0.2, 0.25) is 0 Å². The lowest BCUT2D eigenvalue weighted by atomic mass is 10.0. The van der Waals surface area contributed by atoms with Crippen LogP contribution >= 0.6 is 0 Å². The Labute approximate surface area is 186 Å². The molecule has 0 atom stereocenters. The lowest BCUT2D eigenvalue weighted by Gasteiger charge is -1.99. The highest BCUT2D eigenvalue weighted by Gasteiger charge is 2.25. The largest absolute Gasteiger partial charge is 0.456 e. The third kappa shape index (κ3) is 1.74. The average Bonchev–Trinajstić information content (AvgIpc) is 3.58. The van der Waals surface area contributed by atoms with Gasteiger partial charge in [-0.1, -0.05) is 54.6 Å². The van der Waals surface area contributed by atoms with Gasteiger partial charge in [-0.3, -0.25) is 0 Å². The molecule has 0 amide bonds. The number of para-hydroxylation sites is 3. The smallest absolute Gasteiger partial charge is 0.145 e. The minimum absolute atomic E-state index is 0.914. The monoisotopic (exact) mass is 421 g/mol.